The summed E-state index contributed by atoms with van der Waals surface area (Å²) in [6.07, 6.45) is 0. The first-order chi connectivity index (χ1) is 16.4. The van der Waals surface area contributed by atoms with E-state index in [0.717, 1.165) is 21.8 Å². The van der Waals surface area contributed by atoms with E-state index >= 15 is 0 Å². The second-order valence-corrected chi connectivity index (χ2v) is 24.1. The molecule has 0 unspecified atom stereocenters. The molecule has 0 saturated heterocycles. The molecule has 4 rings (SSSR count). The molecule has 7 nitrogen and oxygen atoms in total. The molecular weight excluding hydrogens is 595 g/mol. The number of para-hydroxylation sites is 1. The van der Waals surface area contributed by atoms with E-state index in [1.165, 1.54) is 35.8 Å². The molecule has 0 amide bonds. The molecule has 1 aromatic heterocycles. The molecule has 0 bridgehead atoms. The van der Waals surface area contributed by atoms with Crippen LogP contribution in [0, 0.1) is 0 Å². The van der Waals surface area contributed by atoms with Crippen molar-refractivity contribution in [1.82, 2.24) is 4.57 Å². The standard InChI is InChI=1S/C21H18ClN2O4S.C2H3O.2CH3.Sn/c1-24-18-7-5-4-6-14(18)15-10-13(8-9-19(15)24)29(25,26)23-17-12-20(27-2)16(22)11-21(17)28-3;1-2-3;;;/h4-12H,1-3H3;1H3;2*1H3;/q-1;;;;+1. The van der Waals surface area contributed by atoms with Crippen LogP contribution in [0.1, 0.15) is 6.92 Å². The fraction of sp³-hybridized carbons (Fsp3) is 0.240. The van der Waals surface area contributed by atoms with Crippen LogP contribution in [0.15, 0.2) is 59.5 Å². The number of benzene rings is 3. The van der Waals surface area contributed by atoms with Crippen molar-refractivity contribution in [1.29, 1.82) is 0 Å². The van der Waals surface area contributed by atoms with Gasteiger partial charge >= 0.3 is 215 Å². The maximum absolute atomic E-state index is 14.3. The summed E-state index contributed by atoms with van der Waals surface area (Å²) in [6.45, 7) is 1.45. The summed E-state index contributed by atoms with van der Waals surface area (Å²) >= 11 is 2.10. The second kappa shape index (κ2) is 9.22. The average Bonchev–Trinajstić information content (AvgIpc) is 3.11. The van der Waals surface area contributed by atoms with Crippen molar-refractivity contribution in [2.75, 3.05) is 16.7 Å². The number of fused-ring (bicyclic) bond motifs is 3. The number of hydrogen-bond donors (Lipinski definition) is 0. The Hall–Kier alpha value is -2.43. The minimum absolute atomic E-state index is 0.100. The van der Waals surface area contributed by atoms with Crippen LogP contribution < -0.4 is 12.0 Å². The topological polar surface area (TPSA) is 77.8 Å². The molecule has 0 atom stereocenters. The molecule has 184 valence electrons. The van der Waals surface area contributed by atoms with Crippen LogP contribution in [0.2, 0.25) is 14.9 Å². The van der Waals surface area contributed by atoms with Gasteiger partial charge in [0.1, 0.15) is 0 Å². The Morgan fingerprint density at radius 3 is 2.20 bits per heavy atom. The maximum atomic E-state index is 14.3. The molecule has 0 radical (unpaired) electrons. The van der Waals surface area contributed by atoms with Gasteiger partial charge in [-0.05, 0) is 0 Å². The van der Waals surface area contributed by atoms with Gasteiger partial charge in [-0.15, -0.1) is 0 Å². The Morgan fingerprint density at radius 1 is 0.943 bits per heavy atom. The van der Waals surface area contributed by atoms with Gasteiger partial charge in [0.15, 0.2) is 0 Å². The Balaban J connectivity index is 2.03. The van der Waals surface area contributed by atoms with Gasteiger partial charge in [0.05, 0.1) is 0 Å². The van der Waals surface area contributed by atoms with E-state index in [1.54, 1.807) is 28.1 Å². The van der Waals surface area contributed by atoms with E-state index in [-0.39, 0.29) is 30.9 Å². The number of aromatic nitrogens is 1. The van der Waals surface area contributed by atoms with Gasteiger partial charge in [-0.1, -0.05) is 0 Å². The zero-order valence-corrected chi connectivity index (χ0v) is 24.8. The number of hydrogen-bond acceptors (Lipinski definition) is 5. The Bertz CT molecular complexity index is 1580. The first-order valence-corrected chi connectivity index (χ1v) is 21.1. The Kier molecular flexibility index (Phi) is 6.76. The summed E-state index contributed by atoms with van der Waals surface area (Å²) in [5.41, 5.74) is 2.15. The number of carbonyl (C=O) groups excluding carboxylic acids is 1. The molecule has 1 heterocycles. The monoisotopic (exact) mass is 622 g/mol. The number of rotatable bonds is 7. The molecule has 0 saturated carbocycles. The Labute approximate surface area is 214 Å². The van der Waals surface area contributed by atoms with Gasteiger partial charge in [-0.3, -0.25) is 0 Å². The third kappa shape index (κ3) is 4.15. The second-order valence-electron chi connectivity index (χ2n) is 8.80. The molecule has 4 aromatic rings. The first-order valence-electron chi connectivity index (χ1n) is 10.9. The normalized spacial score (nSPS) is 12.2. The van der Waals surface area contributed by atoms with E-state index in [9.17, 15) is 13.2 Å². The summed E-state index contributed by atoms with van der Waals surface area (Å²) in [4.78, 5) is 16.5. The Morgan fingerprint density at radius 2 is 1.57 bits per heavy atom. The van der Waals surface area contributed by atoms with Gasteiger partial charge in [-0.2, -0.15) is 0 Å². The molecule has 10 heteroatoms. The van der Waals surface area contributed by atoms with Crippen LogP contribution in [-0.4, -0.2) is 49.7 Å². The van der Waals surface area contributed by atoms with Crippen molar-refractivity contribution in [2.45, 2.75) is 21.7 Å². The predicted octanol–water partition coefficient (Wildman–Crippen LogP) is 5.53. The zero-order valence-electron chi connectivity index (χ0n) is 20.4. The summed E-state index contributed by atoms with van der Waals surface area (Å²) in [6, 6.07) is 15.9. The number of halogens is 1. The number of carbonyl (C=O) groups is 1. The van der Waals surface area contributed by atoms with E-state index < -0.39 is 28.7 Å². The SMILES string of the molecule is COc1cc([N](S(=O)(=O)c2ccc3c(c2)c2ccccc2n3C)[Sn]([CH3])([CH3])[C](C)=O)c(OC)cc1Cl. The third-order valence-corrected chi connectivity index (χ3v) is 21.9. The van der Waals surface area contributed by atoms with Gasteiger partial charge in [-0.25, -0.2) is 0 Å². The predicted molar refractivity (Wildman–Crippen MR) is 143 cm³/mol. The number of sulfonamides is 1. The molecule has 0 fully saturated rings. The van der Waals surface area contributed by atoms with Gasteiger partial charge in [0.25, 0.3) is 0 Å². The van der Waals surface area contributed by atoms with Crippen molar-refractivity contribution in [3.8, 4) is 11.5 Å². The number of methoxy groups -OCH3 is 2. The summed E-state index contributed by atoms with van der Waals surface area (Å²) in [7, 11) is 0.674. The fourth-order valence-electron chi connectivity index (χ4n) is 4.29. The molecule has 35 heavy (non-hydrogen) atoms. The van der Waals surface area contributed by atoms with Crippen molar-refractivity contribution in [3.05, 3.63) is 59.6 Å². The molecule has 0 aliphatic rings. The summed E-state index contributed by atoms with van der Waals surface area (Å²) < 4.78 is 42.7. The van der Waals surface area contributed by atoms with Crippen molar-refractivity contribution < 1.29 is 22.7 Å². The molecule has 3 aromatic carbocycles. The van der Waals surface area contributed by atoms with Crippen molar-refractivity contribution in [3.63, 3.8) is 0 Å². The number of anilines is 1. The van der Waals surface area contributed by atoms with Crippen LogP contribution in [0.4, 0.5) is 5.69 Å². The summed E-state index contributed by atoms with van der Waals surface area (Å²) in [5.74, 6) is 0.537. The molecule has 0 aliphatic carbocycles. The molecule has 0 spiro atoms. The number of aryl methyl sites for hydroxylation is 1. The van der Waals surface area contributed by atoms with E-state index in [1.807, 2.05) is 35.9 Å². The molecule has 0 N–H and O–H groups in total. The fourth-order valence-corrected chi connectivity index (χ4v) is 16.2. The van der Waals surface area contributed by atoms with Crippen LogP contribution >= 0.6 is 11.6 Å². The van der Waals surface area contributed by atoms with Gasteiger partial charge < -0.3 is 0 Å². The number of nitrogens with zero attached hydrogens (tertiary/aromatic N) is 2. The van der Waals surface area contributed by atoms with Gasteiger partial charge in [0, 0.05) is 0 Å². The van der Waals surface area contributed by atoms with E-state index in [4.69, 9.17) is 21.1 Å². The van der Waals surface area contributed by atoms with E-state index in [0.29, 0.717) is 0 Å². The van der Waals surface area contributed by atoms with Crippen LogP contribution in [0.3, 0.4) is 0 Å². The van der Waals surface area contributed by atoms with Crippen molar-refractivity contribution >= 4 is 71.6 Å². The molecular formula is C25H27ClN2O5SSn. The van der Waals surface area contributed by atoms with Crippen LogP contribution in [0.5, 0.6) is 11.5 Å². The minimum atomic E-state index is -4.19. The van der Waals surface area contributed by atoms with Gasteiger partial charge in [0.2, 0.25) is 0 Å². The van der Waals surface area contributed by atoms with E-state index in [2.05, 4.69) is 0 Å². The van der Waals surface area contributed by atoms with Crippen molar-refractivity contribution in [2.24, 2.45) is 7.05 Å². The first kappa shape index (κ1) is 25.7. The third-order valence-electron chi connectivity index (χ3n) is 6.46. The van der Waals surface area contributed by atoms with Crippen LogP contribution in [0.25, 0.3) is 21.8 Å². The number of ether oxygens (including phenoxy) is 2. The quantitative estimate of drug-likeness (QED) is 0.254. The molecule has 0 aliphatic heterocycles. The average molecular weight is 622 g/mol. The zero-order chi connectivity index (χ0) is 25.7. The van der Waals surface area contributed by atoms with Crippen LogP contribution in [-0.2, 0) is 21.9 Å². The summed E-state index contributed by atoms with van der Waals surface area (Å²) in [5, 5.41) is 2.05.